The molecule has 3 rings (SSSR count). The van der Waals surface area contributed by atoms with Gasteiger partial charge in [0, 0.05) is 25.8 Å². The first kappa shape index (κ1) is 17.5. The van der Waals surface area contributed by atoms with E-state index in [0.29, 0.717) is 5.69 Å². The van der Waals surface area contributed by atoms with E-state index in [1.165, 1.54) is 0 Å². The first-order valence-corrected chi connectivity index (χ1v) is 8.93. The van der Waals surface area contributed by atoms with Crippen LogP contribution < -0.4 is 4.74 Å². The van der Waals surface area contributed by atoms with Crippen LogP contribution in [0.2, 0.25) is 0 Å². The van der Waals surface area contributed by atoms with Crippen LogP contribution in [0.25, 0.3) is 5.69 Å². The average molecular weight is 342 g/mol. The molecule has 1 amide bonds. The molecule has 0 aliphatic carbocycles. The standard InChI is InChI=1S/C19H26N4O2/c1-3-10-21-11-4-12-22(15-14-21)19(24)18-9-13-23(20-18)16-5-7-17(25-2)8-6-16/h5-9,13H,3-4,10-12,14-15H2,1-2H3. The highest BCUT2D eigenvalue weighted by molar-refractivity contribution is 5.92. The summed E-state index contributed by atoms with van der Waals surface area (Å²) in [4.78, 5) is 17.1. The van der Waals surface area contributed by atoms with Crippen molar-refractivity contribution in [3.05, 3.63) is 42.2 Å². The summed E-state index contributed by atoms with van der Waals surface area (Å²) in [5.41, 5.74) is 1.41. The zero-order valence-electron chi connectivity index (χ0n) is 15.0. The molecular formula is C19H26N4O2. The minimum Gasteiger partial charge on any atom is -0.497 e. The van der Waals surface area contributed by atoms with E-state index in [9.17, 15) is 4.79 Å². The maximum absolute atomic E-state index is 12.8. The van der Waals surface area contributed by atoms with Crippen LogP contribution in [-0.4, -0.2) is 65.3 Å². The van der Waals surface area contributed by atoms with Gasteiger partial charge in [0.05, 0.1) is 12.8 Å². The fourth-order valence-electron chi connectivity index (χ4n) is 3.19. The smallest absolute Gasteiger partial charge is 0.274 e. The van der Waals surface area contributed by atoms with Gasteiger partial charge in [-0.1, -0.05) is 6.92 Å². The number of amides is 1. The van der Waals surface area contributed by atoms with Crippen LogP contribution in [0.4, 0.5) is 0 Å². The second-order valence-electron chi connectivity index (χ2n) is 6.33. The van der Waals surface area contributed by atoms with Crippen molar-refractivity contribution in [3.8, 4) is 11.4 Å². The van der Waals surface area contributed by atoms with Gasteiger partial charge in [-0.25, -0.2) is 4.68 Å². The Labute approximate surface area is 149 Å². The van der Waals surface area contributed by atoms with Crippen molar-refractivity contribution >= 4 is 5.91 Å². The summed E-state index contributed by atoms with van der Waals surface area (Å²) in [6.45, 7) is 6.88. The van der Waals surface area contributed by atoms with Gasteiger partial charge < -0.3 is 14.5 Å². The fraction of sp³-hybridized carbons (Fsp3) is 0.474. The summed E-state index contributed by atoms with van der Waals surface area (Å²) in [6.07, 6.45) is 4.00. The zero-order valence-corrected chi connectivity index (χ0v) is 15.0. The molecule has 0 bridgehead atoms. The number of methoxy groups -OCH3 is 1. The zero-order chi connectivity index (χ0) is 17.6. The number of benzene rings is 1. The molecule has 1 aromatic carbocycles. The molecule has 0 spiro atoms. The third kappa shape index (κ3) is 4.20. The van der Waals surface area contributed by atoms with Crippen LogP contribution in [0.15, 0.2) is 36.5 Å². The largest absolute Gasteiger partial charge is 0.497 e. The number of carbonyl (C=O) groups excluding carboxylic acids is 1. The highest BCUT2D eigenvalue weighted by Crippen LogP contribution is 2.15. The first-order chi connectivity index (χ1) is 12.2. The lowest BCUT2D eigenvalue weighted by Gasteiger charge is -2.20. The molecule has 6 heteroatoms. The van der Waals surface area contributed by atoms with Crippen molar-refractivity contribution in [2.45, 2.75) is 19.8 Å². The number of hydrogen-bond acceptors (Lipinski definition) is 4. The number of rotatable bonds is 5. The predicted octanol–water partition coefficient (Wildman–Crippen LogP) is 2.44. The Kier molecular flexibility index (Phi) is 5.71. The monoisotopic (exact) mass is 342 g/mol. The number of carbonyl (C=O) groups is 1. The molecule has 0 radical (unpaired) electrons. The molecule has 1 fully saturated rings. The lowest BCUT2D eigenvalue weighted by molar-refractivity contribution is 0.0755. The number of ether oxygens (including phenoxy) is 1. The lowest BCUT2D eigenvalue weighted by Crippen LogP contribution is -2.35. The summed E-state index contributed by atoms with van der Waals surface area (Å²) in [5, 5.41) is 4.47. The Balaban J connectivity index is 1.67. The molecule has 0 saturated carbocycles. The van der Waals surface area contributed by atoms with Crippen molar-refractivity contribution in [3.63, 3.8) is 0 Å². The third-order valence-corrected chi connectivity index (χ3v) is 4.56. The molecule has 0 atom stereocenters. The van der Waals surface area contributed by atoms with Gasteiger partial charge in [-0.3, -0.25) is 4.79 Å². The van der Waals surface area contributed by atoms with Crippen molar-refractivity contribution in [1.82, 2.24) is 19.6 Å². The Morgan fingerprint density at radius 3 is 2.64 bits per heavy atom. The van der Waals surface area contributed by atoms with Gasteiger partial charge in [-0.05, 0) is 56.3 Å². The van der Waals surface area contributed by atoms with Gasteiger partial charge in [-0.15, -0.1) is 0 Å². The van der Waals surface area contributed by atoms with Crippen LogP contribution in [0.3, 0.4) is 0 Å². The summed E-state index contributed by atoms with van der Waals surface area (Å²) >= 11 is 0. The van der Waals surface area contributed by atoms with Crippen LogP contribution in [-0.2, 0) is 0 Å². The molecule has 2 heterocycles. The Bertz CT molecular complexity index is 696. The van der Waals surface area contributed by atoms with Crippen LogP contribution >= 0.6 is 0 Å². The van der Waals surface area contributed by atoms with Gasteiger partial charge in [0.15, 0.2) is 5.69 Å². The van der Waals surface area contributed by atoms with Crippen LogP contribution in [0, 0.1) is 0 Å². The van der Waals surface area contributed by atoms with E-state index in [1.54, 1.807) is 17.9 Å². The van der Waals surface area contributed by atoms with E-state index in [0.717, 1.165) is 57.0 Å². The summed E-state index contributed by atoms with van der Waals surface area (Å²) in [7, 11) is 1.64. The maximum Gasteiger partial charge on any atom is 0.274 e. The summed E-state index contributed by atoms with van der Waals surface area (Å²) < 4.78 is 6.90. The maximum atomic E-state index is 12.8. The van der Waals surface area contributed by atoms with Crippen molar-refractivity contribution in [2.75, 3.05) is 39.8 Å². The Morgan fingerprint density at radius 2 is 1.92 bits per heavy atom. The Hall–Kier alpha value is -2.34. The van der Waals surface area contributed by atoms with Gasteiger partial charge in [0.2, 0.25) is 0 Å². The van der Waals surface area contributed by atoms with E-state index in [-0.39, 0.29) is 5.91 Å². The molecule has 2 aromatic rings. The van der Waals surface area contributed by atoms with E-state index < -0.39 is 0 Å². The molecule has 134 valence electrons. The molecule has 1 saturated heterocycles. The molecule has 25 heavy (non-hydrogen) atoms. The van der Waals surface area contributed by atoms with Gasteiger partial charge >= 0.3 is 0 Å². The Morgan fingerprint density at radius 1 is 1.12 bits per heavy atom. The number of aromatic nitrogens is 2. The molecule has 6 nitrogen and oxygen atoms in total. The van der Waals surface area contributed by atoms with Gasteiger partial charge in [0.25, 0.3) is 5.91 Å². The van der Waals surface area contributed by atoms with E-state index >= 15 is 0 Å². The van der Waals surface area contributed by atoms with E-state index in [2.05, 4.69) is 16.9 Å². The SMILES string of the molecule is CCCN1CCCN(C(=O)c2ccn(-c3ccc(OC)cc3)n2)CC1. The fourth-order valence-corrected chi connectivity index (χ4v) is 3.19. The molecular weight excluding hydrogens is 316 g/mol. The summed E-state index contributed by atoms with van der Waals surface area (Å²) in [6, 6.07) is 9.41. The van der Waals surface area contributed by atoms with Gasteiger partial charge in [-0.2, -0.15) is 5.10 Å². The number of hydrogen-bond donors (Lipinski definition) is 0. The quantitative estimate of drug-likeness (QED) is 0.837. The van der Waals surface area contributed by atoms with Gasteiger partial charge in [0.1, 0.15) is 5.75 Å². The van der Waals surface area contributed by atoms with Crippen molar-refractivity contribution < 1.29 is 9.53 Å². The van der Waals surface area contributed by atoms with Crippen molar-refractivity contribution in [1.29, 1.82) is 0 Å². The van der Waals surface area contributed by atoms with Crippen molar-refractivity contribution in [2.24, 2.45) is 0 Å². The first-order valence-electron chi connectivity index (χ1n) is 8.93. The third-order valence-electron chi connectivity index (χ3n) is 4.56. The van der Waals surface area contributed by atoms with Crippen LogP contribution in [0.5, 0.6) is 5.75 Å². The second kappa shape index (κ2) is 8.16. The molecule has 1 aliphatic heterocycles. The lowest BCUT2D eigenvalue weighted by atomic mass is 10.3. The predicted molar refractivity (Wildman–Crippen MR) is 97.4 cm³/mol. The molecule has 1 aromatic heterocycles. The van der Waals surface area contributed by atoms with E-state index in [1.807, 2.05) is 35.4 Å². The molecule has 0 N–H and O–H groups in total. The van der Waals surface area contributed by atoms with E-state index in [4.69, 9.17) is 4.74 Å². The molecule has 0 unspecified atom stereocenters. The molecule has 1 aliphatic rings. The highest BCUT2D eigenvalue weighted by Gasteiger charge is 2.21. The average Bonchev–Trinajstić information content (AvgIpc) is 3.02. The summed E-state index contributed by atoms with van der Waals surface area (Å²) in [5.74, 6) is 0.819. The van der Waals surface area contributed by atoms with Crippen LogP contribution in [0.1, 0.15) is 30.3 Å². The number of nitrogens with zero attached hydrogens (tertiary/aromatic N) is 4. The highest BCUT2D eigenvalue weighted by atomic mass is 16.5. The minimum atomic E-state index is 0.0191. The minimum absolute atomic E-state index is 0.0191. The second-order valence-corrected chi connectivity index (χ2v) is 6.33. The normalized spacial score (nSPS) is 15.8. The topological polar surface area (TPSA) is 50.6 Å².